The van der Waals surface area contributed by atoms with Gasteiger partial charge < -0.3 is 9.64 Å². The van der Waals surface area contributed by atoms with Crippen LogP contribution >= 0.6 is 24.8 Å². The van der Waals surface area contributed by atoms with Gasteiger partial charge in [-0.25, -0.2) is 0 Å². The van der Waals surface area contributed by atoms with E-state index >= 15 is 0 Å². The Bertz CT molecular complexity index is 757. The average Bonchev–Trinajstić information content (AvgIpc) is 2.59. The van der Waals surface area contributed by atoms with Crippen LogP contribution in [-0.4, -0.2) is 25.6 Å². The molecule has 0 aliphatic rings. The molecule has 4 heteroatoms. The van der Waals surface area contributed by atoms with E-state index in [2.05, 4.69) is 91.8 Å². The number of fused-ring (bicyclic) bond motifs is 1. The molecular weight excluding hydrogens is 353 g/mol. The van der Waals surface area contributed by atoms with Crippen LogP contribution in [0.25, 0.3) is 10.8 Å². The lowest BCUT2D eigenvalue weighted by Gasteiger charge is -2.25. The highest BCUT2D eigenvalue weighted by Gasteiger charge is 2.14. The third-order valence-electron chi connectivity index (χ3n) is 4.21. The summed E-state index contributed by atoms with van der Waals surface area (Å²) in [6.45, 7) is 0.700. The molecule has 2 nitrogen and oxygen atoms in total. The Labute approximate surface area is 162 Å². The van der Waals surface area contributed by atoms with E-state index in [1.54, 1.807) is 0 Å². The number of hydrogen-bond acceptors (Lipinski definition) is 2. The standard InChI is InChI=1S/C21H23NO.2ClH/c1-22(2)20(18-10-4-3-5-11-18)15-16-23-21-14-8-12-17-9-6-7-13-19(17)21;;/h3-14,20H,15-16H2,1-2H3;2*1H. The molecule has 3 rings (SSSR count). The van der Waals surface area contributed by atoms with Gasteiger partial charge in [0, 0.05) is 17.8 Å². The molecule has 0 aromatic heterocycles. The summed E-state index contributed by atoms with van der Waals surface area (Å²) in [5.74, 6) is 0.966. The highest BCUT2D eigenvalue weighted by molar-refractivity contribution is 5.88. The summed E-state index contributed by atoms with van der Waals surface area (Å²) in [6, 6.07) is 25.6. The van der Waals surface area contributed by atoms with E-state index in [0.29, 0.717) is 12.6 Å². The summed E-state index contributed by atoms with van der Waals surface area (Å²) < 4.78 is 6.09. The fraction of sp³-hybridized carbons (Fsp3) is 0.238. The average molecular weight is 378 g/mol. The van der Waals surface area contributed by atoms with Crippen LogP contribution in [0.2, 0.25) is 0 Å². The minimum atomic E-state index is 0. The van der Waals surface area contributed by atoms with Crippen molar-refractivity contribution in [3.05, 3.63) is 78.4 Å². The van der Waals surface area contributed by atoms with Crippen LogP contribution in [0.3, 0.4) is 0 Å². The predicted molar refractivity (Wildman–Crippen MR) is 111 cm³/mol. The van der Waals surface area contributed by atoms with Crippen molar-refractivity contribution in [2.24, 2.45) is 0 Å². The summed E-state index contributed by atoms with van der Waals surface area (Å²) in [7, 11) is 4.24. The zero-order valence-corrected chi connectivity index (χ0v) is 16.2. The second-order valence-electron chi connectivity index (χ2n) is 6.00. The maximum Gasteiger partial charge on any atom is 0.127 e. The normalized spacial score (nSPS) is 11.5. The predicted octanol–water partition coefficient (Wildman–Crippen LogP) is 5.76. The molecule has 0 saturated heterocycles. The topological polar surface area (TPSA) is 12.5 Å². The first-order chi connectivity index (χ1) is 11.3. The van der Waals surface area contributed by atoms with Crippen LogP contribution in [0.1, 0.15) is 18.0 Å². The number of nitrogens with zero attached hydrogens (tertiary/aromatic N) is 1. The molecule has 25 heavy (non-hydrogen) atoms. The van der Waals surface area contributed by atoms with Gasteiger partial charge >= 0.3 is 0 Å². The van der Waals surface area contributed by atoms with Crippen LogP contribution in [0, 0.1) is 0 Å². The minimum Gasteiger partial charge on any atom is -0.493 e. The highest BCUT2D eigenvalue weighted by Crippen LogP contribution is 2.27. The van der Waals surface area contributed by atoms with Crippen molar-refractivity contribution in [1.29, 1.82) is 0 Å². The van der Waals surface area contributed by atoms with E-state index in [1.807, 2.05) is 0 Å². The quantitative estimate of drug-likeness (QED) is 0.541. The number of hydrogen-bond donors (Lipinski definition) is 0. The molecule has 0 bridgehead atoms. The van der Waals surface area contributed by atoms with Crippen LogP contribution in [0.4, 0.5) is 0 Å². The fourth-order valence-electron chi connectivity index (χ4n) is 3.00. The van der Waals surface area contributed by atoms with Gasteiger partial charge in [-0.3, -0.25) is 0 Å². The SMILES string of the molecule is CN(C)C(CCOc1cccc2ccccc12)c1ccccc1.Cl.Cl. The van der Waals surface area contributed by atoms with Gasteiger partial charge in [-0.15, -0.1) is 24.8 Å². The molecule has 3 aromatic carbocycles. The molecule has 134 valence electrons. The van der Waals surface area contributed by atoms with Crippen molar-refractivity contribution in [2.45, 2.75) is 12.5 Å². The van der Waals surface area contributed by atoms with Crippen LogP contribution in [-0.2, 0) is 0 Å². The Balaban J connectivity index is 0.00000156. The highest BCUT2D eigenvalue weighted by atomic mass is 35.5. The Kier molecular flexibility index (Phi) is 8.77. The number of ether oxygens (including phenoxy) is 1. The van der Waals surface area contributed by atoms with Gasteiger partial charge in [0.1, 0.15) is 5.75 Å². The van der Waals surface area contributed by atoms with Crippen molar-refractivity contribution >= 4 is 35.6 Å². The van der Waals surface area contributed by atoms with E-state index in [1.165, 1.54) is 16.3 Å². The maximum atomic E-state index is 6.09. The van der Waals surface area contributed by atoms with Gasteiger partial charge in [-0.2, -0.15) is 0 Å². The third-order valence-corrected chi connectivity index (χ3v) is 4.21. The third kappa shape index (κ3) is 5.37. The van der Waals surface area contributed by atoms with Crippen LogP contribution in [0.5, 0.6) is 5.75 Å². The molecule has 1 unspecified atom stereocenters. The summed E-state index contributed by atoms with van der Waals surface area (Å²) in [4.78, 5) is 2.25. The first kappa shape index (κ1) is 21.3. The van der Waals surface area contributed by atoms with E-state index < -0.39 is 0 Å². The lowest BCUT2D eigenvalue weighted by molar-refractivity contribution is 0.225. The number of rotatable bonds is 6. The monoisotopic (exact) mass is 377 g/mol. The van der Waals surface area contributed by atoms with Gasteiger partial charge in [-0.1, -0.05) is 66.7 Å². The van der Waals surface area contributed by atoms with Gasteiger partial charge in [0.15, 0.2) is 0 Å². The second-order valence-corrected chi connectivity index (χ2v) is 6.00. The summed E-state index contributed by atoms with van der Waals surface area (Å²) in [5.41, 5.74) is 1.33. The van der Waals surface area contributed by atoms with Crippen molar-refractivity contribution in [3.63, 3.8) is 0 Å². The number of benzene rings is 3. The van der Waals surface area contributed by atoms with E-state index in [-0.39, 0.29) is 24.8 Å². The molecule has 0 spiro atoms. The smallest absolute Gasteiger partial charge is 0.127 e. The fourth-order valence-corrected chi connectivity index (χ4v) is 3.00. The first-order valence-corrected chi connectivity index (χ1v) is 8.07. The molecule has 0 radical (unpaired) electrons. The summed E-state index contributed by atoms with van der Waals surface area (Å²) in [5, 5.41) is 2.40. The Hall–Kier alpha value is -1.74. The van der Waals surface area contributed by atoms with Gasteiger partial charge in [0.05, 0.1) is 6.61 Å². The van der Waals surface area contributed by atoms with E-state index in [0.717, 1.165) is 12.2 Å². The molecule has 0 aliphatic carbocycles. The summed E-state index contributed by atoms with van der Waals surface area (Å²) >= 11 is 0. The Morgan fingerprint density at radius 1 is 0.800 bits per heavy atom. The molecule has 0 heterocycles. The van der Waals surface area contributed by atoms with Crippen molar-refractivity contribution in [3.8, 4) is 5.75 Å². The van der Waals surface area contributed by atoms with Crippen molar-refractivity contribution < 1.29 is 4.74 Å². The summed E-state index contributed by atoms with van der Waals surface area (Å²) in [6.07, 6.45) is 0.959. The zero-order chi connectivity index (χ0) is 16.1. The molecule has 0 saturated carbocycles. The molecule has 0 amide bonds. The van der Waals surface area contributed by atoms with Crippen LogP contribution < -0.4 is 4.74 Å². The molecule has 0 fully saturated rings. The molecule has 0 N–H and O–H groups in total. The zero-order valence-electron chi connectivity index (χ0n) is 14.6. The van der Waals surface area contributed by atoms with Gasteiger partial charge in [-0.05, 0) is 31.1 Å². The molecule has 0 aliphatic heterocycles. The van der Waals surface area contributed by atoms with E-state index in [4.69, 9.17) is 4.74 Å². The first-order valence-electron chi connectivity index (χ1n) is 8.07. The second kappa shape index (κ2) is 10.3. The molecule has 1 atom stereocenters. The van der Waals surface area contributed by atoms with Crippen molar-refractivity contribution in [2.75, 3.05) is 20.7 Å². The Morgan fingerprint density at radius 2 is 1.44 bits per heavy atom. The van der Waals surface area contributed by atoms with Crippen LogP contribution in [0.15, 0.2) is 72.8 Å². The number of halogens is 2. The van der Waals surface area contributed by atoms with Gasteiger partial charge in [0.2, 0.25) is 0 Å². The van der Waals surface area contributed by atoms with Gasteiger partial charge in [0.25, 0.3) is 0 Å². The largest absolute Gasteiger partial charge is 0.493 e. The molecule has 3 aromatic rings. The van der Waals surface area contributed by atoms with Crippen molar-refractivity contribution in [1.82, 2.24) is 4.90 Å². The minimum absolute atomic E-state index is 0. The van der Waals surface area contributed by atoms with E-state index in [9.17, 15) is 0 Å². The lowest BCUT2D eigenvalue weighted by Crippen LogP contribution is -2.22. The lowest BCUT2D eigenvalue weighted by atomic mass is 10.0. The molecular formula is C21H25Cl2NO. The maximum absolute atomic E-state index is 6.09. The Morgan fingerprint density at radius 3 is 2.16 bits per heavy atom.